The molecule has 3 heterocycles. The maximum atomic E-state index is 13.5. The van der Waals surface area contributed by atoms with Crippen molar-refractivity contribution in [3.05, 3.63) is 62.3 Å². The first-order valence-corrected chi connectivity index (χ1v) is 14.3. The molecule has 0 radical (unpaired) electrons. The van der Waals surface area contributed by atoms with Gasteiger partial charge in [-0.1, -0.05) is 23.2 Å². The number of anilines is 1. The molecule has 1 saturated heterocycles. The van der Waals surface area contributed by atoms with Crippen molar-refractivity contribution < 1.29 is 22.7 Å². The molecule has 1 aromatic carbocycles. The van der Waals surface area contributed by atoms with Crippen molar-refractivity contribution in [3.8, 4) is 11.7 Å². The Labute approximate surface area is 231 Å². The van der Waals surface area contributed by atoms with E-state index in [9.17, 15) is 18.0 Å². The molecule has 0 atom stereocenters. The Bertz CT molecular complexity index is 1490. The number of carbonyl (C=O) groups excluding carboxylic acids is 2. The average molecular weight is 631 g/mol. The lowest BCUT2D eigenvalue weighted by Crippen LogP contribution is -2.45. The lowest BCUT2D eigenvalue weighted by molar-refractivity contribution is 0.0920. The predicted molar refractivity (Wildman–Crippen MR) is 144 cm³/mol. The summed E-state index contributed by atoms with van der Waals surface area (Å²) in [7, 11) is -3.13. The Morgan fingerprint density at radius 2 is 1.86 bits per heavy atom. The Morgan fingerprint density at radius 3 is 2.49 bits per heavy atom. The molecule has 1 aliphatic rings. The Morgan fingerprint density at radius 1 is 1.16 bits per heavy atom. The zero-order valence-corrected chi connectivity index (χ0v) is 23.8. The van der Waals surface area contributed by atoms with Gasteiger partial charge in [0.2, 0.25) is 5.88 Å². The van der Waals surface area contributed by atoms with E-state index >= 15 is 0 Å². The zero-order chi connectivity index (χ0) is 27.1. The van der Waals surface area contributed by atoms with Crippen LogP contribution in [-0.4, -0.2) is 58.1 Å². The smallest absolute Gasteiger partial charge is 0.274 e. The second-order valence-electron chi connectivity index (χ2n) is 9.37. The summed E-state index contributed by atoms with van der Waals surface area (Å²) in [6, 6.07) is 7.54. The summed E-state index contributed by atoms with van der Waals surface area (Å²) in [5, 5.41) is 10.4. The summed E-state index contributed by atoms with van der Waals surface area (Å²) >= 11 is 15.9. The van der Waals surface area contributed by atoms with Gasteiger partial charge in [0, 0.05) is 27.3 Å². The fraction of sp³-hybridized carbons (Fsp3) is 0.304. The second-order valence-corrected chi connectivity index (χ2v) is 13.2. The normalized spacial score (nSPS) is 15.1. The summed E-state index contributed by atoms with van der Waals surface area (Å²) in [5.41, 5.74) is -0.228. The summed E-state index contributed by atoms with van der Waals surface area (Å²) in [4.78, 5) is 30.7. The number of carbonyl (C=O) groups is 2. The summed E-state index contributed by atoms with van der Waals surface area (Å²) in [6.07, 6.45) is 0.899. The number of pyridine rings is 1. The number of amides is 2. The topological polar surface area (TPSA) is 132 Å². The molecule has 1 fully saturated rings. The number of nitrogens with zero attached hydrogens (tertiary/aromatic N) is 3. The van der Waals surface area contributed by atoms with Crippen LogP contribution in [0.5, 0.6) is 5.88 Å². The molecule has 2 N–H and O–H groups in total. The van der Waals surface area contributed by atoms with E-state index in [1.165, 1.54) is 23.0 Å². The third-order valence-corrected chi connectivity index (χ3v) is 7.95. The van der Waals surface area contributed by atoms with Crippen LogP contribution in [0.15, 0.2) is 41.0 Å². The van der Waals surface area contributed by atoms with E-state index in [1.54, 1.807) is 18.2 Å². The molecule has 10 nitrogen and oxygen atoms in total. The second kappa shape index (κ2) is 10.2. The highest BCUT2D eigenvalue weighted by Crippen LogP contribution is 2.32. The number of rotatable bonds is 6. The van der Waals surface area contributed by atoms with Crippen molar-refractivity contribution in [2.24, 2.45) is 0 Å². The first-order valence-electron chi connectivity index (χ1n) is 10.9. The van der Waals surface area contributed by atoms with E-state index < -0.39 is 33.3 Å². The van der Waals surface area contributed by atoms with Crippen molar-refractivity contribution in [2.45, 2.75) is 32.4 Å². The maximum Gasteiger partial charge on any atom is 0.274 e. The van der Waals surface area contributed by atoms with Crippen LogP contribution in [0.1, 0.15) is 41.6 Å². The van der Waals surface area contributed by atoms with Crippen molar-refractivity contribution >= 4 is 66.5 Å². The molecule has 196 valence electrons. The van der Waals surface area contributed by atoms with Gasteiger partial charge < -0.3 is 15.4 Å². The van der Waals surface area contributed by atoms with Gasteiger partial charge in [0.1, 0.15) is 11.8 Å². The van der Waals surface area contributed by atoms with Crippen LogP contribution in [0.2, 0.25) is 10.0 Å². The minimum Gasteiger partial charge on any atom is -0.471 e. The van der Waals surface area contributed by atoms with E-state index in [2.05, 4.69) is 36.6 Å². The molecular weight excluding hydrogens is 609 g/mol. The van der Waals surface area contributed by atoms with Gasteiger partial charge in [-0.3, -0.25) is 9.59 Å². The highest BCUT2D eigenvalue weighted by atomic mass is 79.9. The van der Waals surface area contributed by atoms with Crippen LogP contribution < -0.4 is 15.4 Å². The van der Waals surface area contributed by atoms with E-state index in [-0.39, 0.29) is 45.2 Å². The number of halogens is 3. The Hall–Kier alpha value is -2.67. The highest BCUT2D eigenvalue weighted by Gasteiger charge is 2.36. The fourth-order valence-corrected chi connectivity index (χ4v) is 5.78. The third-order valence-electron chi connectivity index (χ3n) is 5.05. The lowest BCUT2D eigenvalue weighted by Gasteiger charge is -2.25. The molecule has 3 aromatic rings. The monoisotopic (exact) mass is 629 g/mol. The molecule has 14 heteroatoms. The molecule has 1 aliphatic heterocycles. The average Bonchev–Trinajstić information content (AvgIpc) is 3.17. The van der Waals surface area contributed by atoms with Crippen LogP contribution in [0.3, 0.4) is 0 Å². The van der Waals surface area contributed by atoms with E-state index in [0.717, 1.165) is 0 Å². The molecule has 0 bridgehead atoms. The van der Waals surface area contributed by atoms with Gasteiger partial charge in [0.05, 0.1) is 27.8 Å². The molecule has 2 aromatic heterocycles. The van der Waals surface area contributed by atoms with Gasteiger partial charge >= 0.3 is 0 Å². The van der Waals surface area contributed by atoms with Gasteiger partial charge in [-0.2, -0.15) is 0 Å². The molecule has 0 aliphatic carbocycles. The number of nitrogens with one attached hydrogen (secondary N) is 2. The van der Waals surface area contributed by atoms with Crippen LogP contribution in [0.4, 0.5) is 5.69 Å². The van der Waals surface area contributed by atoms with Gasteiger partial charge in [-0.05, 0) is 61.0 Å². The predicted octanol–water partition coefficient (Wildman–Crippen LogP) is 4.29. The summed E-state index contributed by atoms with van der Waals surface area (Å²) < 4.78 is 30.3. The maximum absolute atomic E-state index is 13.5. The van der Waals surface area contributed by atoms with Gasteiger partial charge in [-0.15, -0.1) is 5.10 Å². The SMILES string of the molecule is CC(C)(C)NC(=O)c1cc(Cl)cc(Br)c1NC(=O)c1cc(OC2CS(=O)(=O)C2)nn1-c1ncccc1Cl. The minimum atomic E-state index is -3.13. The molecule has 0 saturated carbocycles. The van der Waals surface area contributed by atoms with Crippen LogP contribution in [0, 0.1) is 0 Å². The summed E-state index contributed by atoms with van der Waals surface area (Å²) in [5.74, 6) is -1.20. The first kappa shape index (κ1) is 27.4. The van der Waals surface area contributed by atoms with Gasteiger partial charge in [-0.25, -0.2) is 18.1 Å². The largest absolute Gasteiger partial charge is 0.471 e. The molecule has 0 unspecified atom stereocenters. The Balaban J connectivity index is 1.72. The van der Waals surface area contributed by atoms with Crippen molar-refractivity contribution in [1.82, 2.24) is 20.1 Å². The lowest BCUT2D eigenvalue weighted by atomic mass is 10.1. The fourth-order valence-electron chi connectivity index (χ4n) is 3.50. The van der Waals surface area contributed by atoms with Crippen molar-refractivity contribution in [2.75, 3.05) is 16.8 Å². The zero-order valence-electron chi connectivity index (χ0n) is 19.9. The number of aromatic nitrogens is 3. The van der Waals surface area contributed by atoms with E-state index in [1.807, 2.05) is 20.8 Å². The standard InChI is InChI=1S/C23H22BrCl2N5O5S/c1-23(2,3)29-21(32)14-7-12(25)8-15(24)19(14)28-22(33)17-9-18(36-13-10-37(34,35)11-13)30-31(17)20-16(26)5-4-6-27-20/h4-9,13H,10-11H2,1-3H3,(H,28,33)(H,29,32). The van der Waals surface area contributed by atoms with Crippen LogP contribution >= 0.6 is 39.1 Å². The number of hydrogen-bond acceptors (Lipinski definition) is 7. The van der Waals surface area contributed by atoms with Crippen molar-refractivity contribution in [1.29, 1.82) is 0 Å². The highest BCUT2D eigenvalue weighted by molar-refractivity contribution is 9.10. The number of benzene rings is 1. The van der Waals surface area contributed by atoms with Gasteiger partial charge in [0.15, 0.2) is 15.7 Å². The van der Waals surface area contributed by atoms with Crippen molar-refractivity contribution in [3.63, 3.8) is 0 Å². The van der Waals surface area contributed by atoms with E-state index in [4.69, 9.17) is 27.9 Å². The molecule has 37 heavy (non-hydrogen) atoms. The molecular formula is C23H22BrCl2N5O5S. The van der Waals surface area contributed by atoms with Gasteiger partial charge in [0.25, 0.3) is 11.8 Å². The Kier molecular flexibility index (Phi) is 7.57. The number of sulfone groups is 1. The number of hydrogen-bond donors (Lipinski definition) is 2. The number of ether oxygens (including phenoxy) is 1. The van der Waals surface area contributed by atoms with Crippen LogP contribution in [-0.2, 0) is 9.84 Å². The quantitative estimate of drug-likeness (QED) is 0.415. The third kappa shape index (κ3) is 6.43. The molecule has 0 spiro atoms. The summed E-state index contributed by atoms with van der Waals surface area (Å²) in [6.45, 7) is 5.48. The van der Waals surface area contributed by atoms with Crippen LogP contribution in [0.25, 0.3) is 5.82 Å². The molecule has 4 rings (SSSR count). The first-order chi connectivity index (χ1) is 17.2. The van der Waals surface area contributed by atoms with E-state index in [0.29, 0.717) is 9.50 Å². The molecule has 2 amide bonds. The minimum absolute atomic E-state index is 0.0122.